The van der Waals surface area contributed by atoms with Crippen LogP contribution in [-0.2, 0) is 11.8 Å². The molecule has 1 aromatic heterocycles. The Kier molecular flexibility index (Phi) is 3.73. The van der Waals surface area contributed by atoms with E-state index < -0.39 is 0 Å². The Morgan fingerprint density at radius 3 is 2.85 bits per heavy atom. The topological polar surface area (TPSA) is 64.8 Å². The minimum atomic E-state index is 0.0390. The molecule has 27 heavy (non-hydrogen) atoms. The number of piperidine rings is 1. The number of hydrogen-bond acceptors (Lipinski definition) is 5. The van der Waals surface area contributed by atoms with Gasteiger partial charge in [0.1, 0.15) is 12.1 Å². The predicted molar refractivity (Wildman–Crippen MR) is 105 cm³/mol. The lowest BCUT2D eigenvalue weighted by molar-refractivity contribution is 0.328. The summed E-state index contributed by atoms with van der Waals surface area (Å²) in [6.45, 7) is 7.26. The first kappa shape index (κ1) is 16.7. The maximum Gasteiger partial charge on any atom is 0.140 e. The molecule has 1 N–H and O–H groups in total. The van der Waals surface area contributed by atoms with Crippen LogP contribution >= 0.6 is 0 Å². The van der Waals surface area contributed by atoms with Gasteiger partial charge >= 0.3 is 0 Å². The second-order valence-electron chi connectivity index (χ2n) is 8.38. The highest BCUT2D eigenvalue weighted by Crippen LogP contribution is 2.52. The van der Waals surface area contributed by atoms with Gasteiger partial charge in [-0.05, 0) is 63.2 Å². The lowest BCUT2D eigenvalue weighted by Crippen LogP contribution is -2.43. The van der Waals surface area contributed by atoms with Crippen LogP contribution in [0.2, 0.25) is 0 Å². The molecular formula is C22H25N5. The van der Waals surface area contributed by atoms with Crippen molar-refractivity contribution in [1.29, 1.82) is 5.26 Å². The highest BCUT2D eigenvalue weighted by Gasteiger charge is 2.47. The second-order valence-corrected chi connectivity index (χ2v) is 8.38. The molecule has 2 aliphatic heterocycles. The zero-order chi connectivity index (χ0) is 18.6. The van der Waals surface area contributed by atoms with Crippen molar-refractivity contribution < 1.29 is 0 Å². The normalized spacial score (nSPS) is 22.6. The van der Waals surface area contributed by atoms with E-state index >= 15 is 0 Å². The third kappa shape index (κ3) is 2.33. The first-order chi connectivity index (χ1) is 13.1. The van der Waals surface area contributed by atoms with E-state index in [0.29, 0.717) is 5.92 Å². The fourth-order valence-electron chi connectivity index (χ4n) is 5.41. The number of aromatic nitrogens is 2. The van der Waals surface area contributed by atoms with Crippen LogP contribution in [0.5, 0.6) is 0 Å². The molecule has 3 heterocycles. The largest absolute Gasteiger partial charge is 0.325 e. The summed E-state index contributed by atoms with van der Waals surface area (Å²) in [5.74, 6) is 1.56. The van der Waals surface area contributed by atoms with Crippen LogP contribution in [-0.4, -0.2) is 29.6 Å². The molecule has 0 unspecified atom stereocenters. The Balaban J connectivity index is 1.73. The van der Waals surface area contributed by atoms with Crippen molar-refractivity contribution in [2.75, 3.05) is 24.5 Å². The SMILES string of the molecule is Cc1ccc2c(c1C#N)C1(CCNCC1)CN2c1ncnc2c1[C@H](C)CC2. The molecule has 1 atom stereocenters. The average molecular weight is 359 g/mol. The third-order valence-corrected chi connectivity index (χ3v) is 6.85. The van der Waals surface area contributed by atoms with Gasteiger partial charge < -0.3 is 10.2 Å². The zero-order valence-electron chi connectivity index (χ0n) is 16.0. The Morgan fingerprint density at radius 2 is 2.07 bits per heavy atom. The van der Waals surface area contributed by atoms with Gasteiger partial charge in [-0.15, -0.1) is 0 Å². The van der Waals surface area contributed by atoms with Crippen LogP contribution in [0.25, 0.3) is 0 Å². The van der Waals surface area contributed by atoms with Crippen LogP contribution < -0.4 is 10.2 Å². The number of fused-ring (bicyclic) bond motifs is 3. The van der Waals surface area contributed by atoms with Crippen molar-refractivity contribution >= 4 is 11.5 Å². The maximum atomic E-state index is 9.94. The monoisotopic (exact) mass is 359 g/mol. The smallest absolute Gasteiger partial charge is 0.140 e. The highest BCUT2D eigenvalue weighted by atomic mass is 15.2. The molecular weight excluding hydrogens is 334 g/mol. The molecule has 138 valence electrons. The van der Waals surface area contributed by atoms with Gasteiger partial charge in [-0.25, -0.2) is 9.97 Å². The molecule has 0 bridgehead atoms. The fraction of sp³-hybridized carbons (Fsp3) is 0.500. The molecule has 3 aliphatic rings. The molecule has 1 aliphatic carbocycles. The molecule has 2 aromatic rings. The Labute approximate surface area is 160 Å². The molecule has 1 aromatic carbocycles. The van der Waals surface area contributed by atoms with Crippen LogP contribution in [0.1, 0.15) is 60.1 Å². The molecule has 1 spiro atoms. The van der Waals surface area contributed by atoms with Crippen LogP contribution in [0.3, 0.4) is 0 Å². The third-order valence-electron chi connectivity index (χ3n) is 6.85. The lowest BCUT2D eigenvalue weighted by atomic mass is 9.72. The van der Waals surface area contributed by atoms with Crippen molar-refractivity contribution in [2.24, 2.45) is 0 Å². The van der Waals surface area contributed by atoms with E-state index in [2.05, 4.69) is 47.3 Å². The van der Waals surface area contributed by atoms with Gasteiger partial charge in [0.2, 0.25) is 0 Å². The standard InChI is InChI=1S/C22H25N5/c1-14-4-6-18-20(16(14)11-23)22(7-9-24-10-8-22)12-27(18)21-19-15(2)3-5-17(19)25-13-26-21/h4,6,13,15,24H,3,5,7-10,12H2,1-2H3/t15-/m1/s1. The zero-order valence-corrected chi connectivity index (χ0v) is 16.0. The van der Waals surface area contributed by atoms with Gasteiger partial charge in [-0.2, -0.15) is 5.26 Å². The van der Waals surface area contributed by atoms with Crippen molar-refractivity contribution in [3.8, 4) is 6.07 Å². The highest BCUT2D eigenvalue weighted by molar-refractivity contribution is 5.77. The van der Waals surface area contributed by atoms with Gasteiger partial charge in [0, 0.05) is 34.5 Å². The predicted octanol–water partition coefficient (Wildman–Crippen LogP) is 3.48. The van der Waals surface area contributed by atoms with Crippen molar-refractivity contribution in [1.82, 2.24) is 15.3 Å². The number of benzene rings is 1. The molecule has 0 saturated carbocycles. The van der Waals surface area contributed by atoms with E-state index in [1.165, 1.54) is 22.5 Å². The average Bonchev–Trinajstić information content (AvgIpc) is 3.22. The van der Waals surface area contributed by atoms with Gasteiger partial charge in [0.15, 0.2) is 0 Å². The van der Waals surface area contributed by atoms with Crippen molar-refractivity contribution in [3.05, 3.63) is 46.4 Å². The van der Waals surface area contributed by atoms with Gasteiger partial charge in [0.05, 0.1) is 11.6 Å². The van der Waals surface area contributed by atoms with E-state index in [1.54, 1.807) is 6.33 Å². The number of aryl methyl sites for hydroxylation is 2. The van der Waals surface area contributed by atoms with Crippen LogP contribution in [0.15, 0.2) is 18.5 Å². The number of nitriles is 1. The second kappa shape index (κ2) is 6.03. The van der Waals surface area contributed by atoms with E-state index in [1.807, 2.05) is 0 Å². The van der Waals surface area contributed by atoms with E-state index in [4.69, 9.17) is 4.98 Å². The van der Waals surface area contributed by atoms with E-state index in [9.17, 15) is 5.26 Å². The quantitative estimate of drug-likeness (QED) is 0.844. The molecule has 1 saturated heterocycles. The molecule has 5 nitrogen and oxygen atoms in total. The van der Waals surface area contributed by atoms with Gasteiger partial charge in [-0.1, -0.05) is 13.0 Å². The van der Waals surface area contributed by atoms with Crippen LogP contribution in [0, 0.1) is 18.3 Å². The summed E-state index contributed by atoms with van der Waals surface area (Å²) in [6, 6.07) is 6.82. The summed E-state index contributed by atoms with van der Waals surface area (Å²) < 4.78 is 0. The Bertz CT molecular complexity index is 952. The molecule has 5 heteroatoms. The number of nitrogens with zero attached hydrogens (tertiary/aromatic N) is 4. The number of anilines is 2. The molecule has 1 fully saturated rings. The minimum Gasteiger partial charge on any atom is -0.325 e. The Hall–Kier alpha value is -2.45. The van der Waals surface area contributed by atoms with Crippen molar-refractivity contribution in [2.45, 2.75) is 50.9 Å². The fourth-order valence-corrected chi connectivity index (χ4v) is 5.41. The van der Waals surface area contributed by atoms with E-state index in [-0.39, 0.29) is 5.41 Å². The molecule has 5 rings (SSSR count). The number of nitrogens with one attached hydrogen (secondary N) is 1. The summed E-state index contributed by atoms with van der Waals surface area (Å²) in [5.41, 5.74) is 6.94. The molecule has 0 amide bonds. The number of rotatable bonds is 1. The van der Waals surface area contributed by atoms with Crippen molar-refractivity contribution in [3.63, 3.8) is 0 Å². The van der Waals surface area contributed by atoms with E-state index in [0.717, 1.165) is 62.3 Å². The summed E-state index contributed by atoms with van der Waals surface area (Å²) >= 11 is 0. The maximum absolute atomic E-state index is 9.94. The summed E-state index contributed by atoms with van der Waals surface area (Å²) in [7, 11) is 0. The minimum absolute atomic E-state index is 0.0390. The van der Waals surface area contributed by atoms with Crippen LogP contribution in [0.4, 0.5) is 11.5 Å². The lowest BCUT2D eigenvalue weighted by Gasteiger charge is -2.35. The van der Waals surface area contributed by atoms with Gasteiger partial charge in [-0.3, -0.25) is 0 Å². The van der Waals surface area contributed by atoms with Gasteiger partial charge in [0.25, 0.3) is 0 Å². The first-order valence-electron chi connectivity index (χ1n) is 10.0. The Morgan fingerprint density at radius 1 is 1.26 bits per heavy atom. The first-order valence-corrected chi connectivity index (χ1v) is 10.0. The summed E-state index contributed by atoms with van der Waals surface area (Å²) in [6.07, 6.45) is 6.04. The summed E-state index contributed by atoms with van der Waals surface area (Å²) in [4.78, 5) is 11.7. The summed E-state index contributed by atoms with van der Waals surface area (Å²) in [5, 5.41) is 13.4. The number of hydrogen-bond donors (Lipinski definition) is 1. The molecule has 0 radical (unpaired) electrons.